The highest BCUT2D eigenvalue weighted by atomic mass is 16.2. The molecule has 0 unspecified atom stereocenters. The van der Waals surface area contributed by atoms with Crippen LogP contribution in [-0.2, 0) is 6.54 Å². The molecule has 116 valence electrons. The number of hydrogen-bond acceptors (Lipinski definition) is 4. The first kappa shape index (κ1) is 13.9. The maximum atomic E-state index is 12.8. The van der Waals surface area contributed by atoms with Crippen molar-refractivity contribution in [3.8, 4) is 0 Å². The van der Waals surface area contributed by atoms with E-state index in [9.17, 15) is 4.79 Å². The Kier molecular flexibility index (Phi) is 3.49. The number of fused-ring (bicyclic) bond motifs is 1. The molecule has 1 aliphatic rings. The molecule has 1 aromatic carbocycles. The smallest absolute Gasteiger partial charge is 0.274 e. The van der Waals surface area contributed by atoms with Crippen LogP contribution in [0.3, 0.4) is 0 Å². The Hall–Kier alpha value is -2.76. The van der Waals surface area contributed by atoms with Crippen LogP contribution in [-0.4, -0.2) is 43.1 Å². The van der Waals surface area contributed by atoms with Crippen molar-refractivity contribution >= 4 is 16.9 Å². The Morgan fingerprint density at radius 3 is 2.91 bits per heavy atom. The van der Waals surface area contributed by atoms with Crippen LogP contribution in [0.15, 0.2) is 48.9 Å². The van der Waals surface area contributed by atoms with E-state index in [0.717, 1.165) is 37.0 Å². The van der Waals surface area contributed by atoms with Crippen molar-refractivity contribution in [1.29, 1.82) is 0 Å². The van der Waals surface area contributed by atoms with Gasteiger partial charge in [-0.1, -0.05) is 12.1 Å². The number of rotatable bonds is 3. The molecule has 6 nitrogen and oxygen atoms in total. The molecule has 0 saturated carbocycles. The fourth-order valence-electron chi connectivity index (χ4n) is 3.12. The summed E-state index contributed by atoms with van der Waals surface area (Å²) in [5, 5.41) is 4.24. The second kappa shape index (κ2) is 5.79. The van der Waals surface area contributed by atoms with Crippen molar-refractivity contribution in [3.63, 3.8) is 0 Å². The summed E-state index contributed by atoms with van der Waals surface area (Å²) < 4.78 is 1.88. The maximum absolute atomic E-state index is 12.8. The number of aromatic nitrogens is 4. The van der Waals surface area contributed by atoms with E-state index in [1.807, 2.05) is 46.1 Å². The van der Waals surface area contributed by atoms with Gasteiger partial charge in [0, 0.05) is 18.9 Å². The van der Waals surface area contributed by atoms with Crippen molar-refractivity contribution in [1.82, 2.24) is 24.6 Å². The van der Waals surface area contributed by atoms with E-state index in [0.29, 0.717) is 5.69 Å². The second-order valence-corrected chi connectivity index (χ2v) is 5.77. The van der Waals surface area contributed by atoms with Gasteiger partial charge in [-0.2, -0.15) is 5.10 Å². The molecule has 3 heterocycles. The van der Waals surface area contributed by atoms with Gasteiger partial charge in [-0.25, -0.2) is 4.98 Å². The Morgan fingerprint density at radius 2 is 2.09 bits per heavy atom. The number of hydrogen-bond donors (Lipinski definition) is 0. The number of carbonyl (C=O) groups excluding carboxylic acids is 1. The zero-order chi connectivity index (χ0) is 15.6. The summed E-state index contributed by atoms with van der Waals surface area (Å²) in [6.45, 7) is 1.49. The summed E-state index contributed by atoms with van der Waals surface area (Å²) in [6, 6.07) is 9.66. The summed E-state index contributed by atoms with van der Waals surface area (Å²) in [7, 11) is 0. The summed E-state index contributed by atoms with van der Waals surface area (Å²) in [6.07, 6.45) is 7.27. The Morgan fingerprint density at radius 1 is 1.22 bits per heavy atom. The fraction of sp³-hybridized carbons (Fsp3) is 0.294. The average Bonchev–Trinajstić information content (AvgIpc) is 3.26. The van der Waals surface area contributed by atoms with Crippen LogP contribution in [0.4, 0.5) is 0 Å². The zero-order valence-corrected chi connectivity index (χ0v) is 12.7. The Balaban J connectivity index is 1.58. The first-order valence-corrected chi connectivity index (χ1v) is 7.81. The van der Waals surface area contributed by atoms with Crippen LogP contribution in [0.5, 0.6) is 0 Å². The highest BCUT2D eigenvalue weighted by Gasteiger charge is 2.30. The number of para-hydroxylation sites is 2. The molecule has 1 aliphatic heterocycles. The maximum Gasteiger partial charge on any atom is 0.274 e. The summed E-state index contributed by atoms with van der Waals surface area (Å²) in [4.78, 5) is 23.5. The lowest BCUT2D eigenvalue weighted by Crippen LogP contribution is -2.38. The van der Waals surface area contributed by atoms with E-state index in [1.165, 1.54) is 0 Å². The predicted molar refractivity (Wildman–Crippen MR) is 85.8 cm³/mol. The topological polar surface area (TPSA) is 63.9 Å². The molecular formula is C17H17N5O. The highest BCUT2D eigenvalue weighted by Crippen LogP contribution is 2.21. The van der Waals surface area contributed by atoms with E-state index in [-0.39, 0.29) is 11.9 Å². The molecule has 1 fully saturated rings. The first-order valence-electron chi connectivity index (χ1n) is 7.81. The van der Waals surface area contributed by atoms with E-state index in [4.69, 9.17) is 0 Å². The lowest BCUT2D eigenvalue weighted by atomic mass is 10.2. The Bertz CT molecular complexity index is 830. The summed E-state index contributed by atoms with van der Waals surface area (Å²) in [5.74, 6) is -0.0436. The monoisotopic (exact) mass is 307 g/mol. The number of benzene rings is 1. The number of amides is 1. The van der Waals surface area contributed by atoms with Gasteiger partial charge in [0.1, 0.15) is 5.69 Å². The highest BCUT2D eigenvalue weighted by molar-refractivity contribution is 5.94. The normalized spacial score (nSPS) is 17.7. The summed E-state index contributed by atoms with van der Waals surface area (Å²) in [5.41, 5.74) is 1.97. The third kappa shape index (κ3) is 2.67. The molecule has 6 heteroatoms. The van der Waals surface area contributed by atoms with Crippen LogP contribution < -0.4 is 0 Å². The molecule has 23 heavy (non-hydrogen) atoms. The average molecular weight is 307 g/mol. The van der Waals surface area contributed by atoms with Crippen LogP contribution in [0.1, 0.15) is 23.3 Å². The van der Waals surface area contributed by atoms with Gasteiger partial charge in [-0.05, 0) is 31.0 Å². The van der Waals surface area contributed by atoms with E-state index < -0.39 is 0 Å². The minimum Gasteiger partial charge on any atom is -0.332 e. The van der Waals surface area contributed by atoms with Crippen LogP contribution >= 0.6 is 0 Å². The standard InChI is InChI=1S/C17H17N5O/c23-17(16-11-18-14-6-1-2-7-15(14)20-16)22-10-3-5-13(22)12-21-9-4-8-19-21/h1-2,4,6-9,11,13H,3,5,10,12H2/t13-/m1/s1. The third-order valence-electron chi connectivity index (χ3n) is 4.26. The van der Waals surface area contributed by atoms with Gasteiger partial charge in [0.15, 0.2) is 0 Å². The van der Waals surface area contributed by atoms with Gasteiger partial charge >= 0.3 is 0 Å². The summed E-state index contributed by atoms with van der Waals surface area (Å²) >= 11 is 0. The molecule has 0 bridgehead atoms. The third-order valence-corrected chi connectivity index (χ3v) is 4.26. The van der Waals surface area contributed by atoms with Crippen molar-refractivity contribution in [2.24, 2.45) is 0 Å². The van der Waals surface area contributed by atoms with Gasteiger partial charge in [0.2, 0.25) is 0 Å². The molecule has 0 N–H and O–H groups in total. The van der Waals surface area contributed by atoms with Crippen LogP contribution in [0.25, 0.3) is 11.0 Å². The molecule has 0 radical (unpaired) electrons. The second-order valence-electron chi connectivity index (χ2n) is 5.77. The molecule has 0 aliphatic carbocycles. The fourth-order valence-corrected chi connectivity index (χ4v) is 3.12. The molecule has 1 saturated heterocycles. The Labute approximate surface area is 133 Å². The van der Waals surface area contributed by atoms with Crippen molar-refractivity contribution in [3.05, 3.63) is 54.6 Å². The lowest BCUT2D eigenvalue weighted by Gasteiger charge is -2.24. The minimum absolute atomic E-state index is 0.0436. The van der Waals surface area contributed by atoms with Crippen LogP contribution in [0, 0.1) is 0 Å². The molecular weight excluding hydrogens is 290 g/mol. The van der Waals surface area contributed by atoms with Crippen molar-refractivity contribution < 1.29 is 4.79 Å². The van der Waals surface area contributed by atoms with Gasteiger partial charge < -0.3 is 4.90 Å². The number of likely N-dealkylation sites (tertiary alicyclic amines) is 1. The first-order chi connectivity index (χ1) is 11.3. The molecule has 2 aromatic heterocycles. The molecule has 1 atom stereocenters. The van der Waals surface area contributed by atoms with E-state index >= 15 is 0 Å². The number of nitrogens with zero attached hydrogens (tertiary/aromatic N) is 5. The van der Waals surface area contributed by atoms with Gasteiger partial charge in [-0.15, -0.1) is 0 Å². The van der Waals surface area contributed by atoms with Gasteiger partial charge in [-0.3, -0.25) is 14.5 Å². The minimum atomic E-state index is -0.0436. The van der Waals surface area contributed by atoms with Crippen LogP contribution in [0.2, 0.25) is 0 Å². The SMILES string of the molecule is O=C(c1cnc2ccccc2n1)N1CCC[C@@H]1Cn1cccn1. The van der Waals surface area contributed by atoms with Gasteiger partial charge in [0.05, 0.1) is 29.8 Å². The largest absolute Gasteiger partial charge is 0.332 e. The van der Waals surface area contributed by atoms with Crippen molar-refractivity contribution in [2.75, 3.05) is 6.54 Å². The van der Waals surface area contributed by atoms with Crippen molar-refractivity contribution in [2.45, 2.75) is 25.4 Å². The van der Waals surface area contributed by atoms with Gasteiger partial charge in [0.25, 0.3) is 5.91 Å². The molecule has 0 spiro atoms. The molecule has 3 aromatic rings. The van der Waals surface area contributed by atoms with E-state index in [1.54, 1.807) is 12.4 Å². The zero-order valence-electron chi connectivity index (χ0n) is 12.7. The van der Waals surface area contributed by atoms with E-state index in [2.05, 4.69) is 15.1 Å². The predicted octanol–water partition coefficient (Wildman–Crippen LogP) is 2.13. The quantitative estimate of drug-likeness (QED) is 0.743. The molecule has 4 rings (SSSR count). The number of carbonyl (C=O) groups is 1. The molecule has 1 amide bonds. The lowest BCUT2D eigenvalue weighted by molar-refractivity contribution is 0.0715.